The molecule has 0 saturated carbocycles. The molecule has 0 saturated heterocycles. The first-order valence-corrected chi connectivity index (χ1v) is 9.55. The summed E-state index contributed by atoms with van der Waals surface area (Å²) in [6.45, 7) is 8.12. The van der Waals surface area contributed by atoms with E-state index in [-0.39, 0.29) is 17.1 Å². The van der Waals surface area contributed by atoms with Crippen LogP contribution in [0, 0.1) is 19.3 Å². The van der Waals surface area contributed by atoms with Crippen molar-refractivity contribution in [2.24, 2.45) is 5.41 Å². The lowest BCUT2D eigenvalue weighted by Crippen LogP contribution is -2.33. The van der Waals surface area contributed by atoms with E-state index in [0.29, 0.717) is 30.2 Å². The maximum atomic E-state index is 13.2. The Hall–Kier alpha value is -3.02. The fourth-order valence-electron chi connectivity index (χ4n) is 4.34. The number of Topliss-reactive ketones (excluding diaryl/α,β-unsaturated/α-hetero) is 1. The van der Waals surface area contributed by atoms with Gasteiger partial charge in [0.25, 0.3) is 0 Å². The number of nitrogens with zero attached hydrogens (tertiary/aromatic N) is 4. The fourth-order valence-corrected chi connectivity index (χ4v) is 4.34. The minimum Gasteiger partial charge on any atom is -0.442 e. The molecule has 3 heterocycles. The summed E-state index contributed by atoms with van der Waals surface area (Å²) in [6.07, 6.45) is 2.85. The Morgan fingerprint density at radius 3 is 2.64 bits per heavy atom. The highest BCUT2D eigenvalue weighted by atomic mass is 16.5. The first-order chi connectivity index (χ1) is 13.3. The van der Waals surface area contributed by atoms with Crippen LogP contribution < -0.4 is 4.74 Å². The van der Waals surface area contributed by atoms with E-state index < -0.39 is 0 Å². The van der Waals surface area contributed by atoms with Crippen LogP contribution in [0.15, 0.2) is 41.9 Å². The normalized spacial score (nSPS) is 20.7. The molecule has 6 nitrogen and oxygen atoms in total. The molecular formula is C22H22N4O2. The largest absolute Gasteiger partial charge is 0.442 e. The van der Waals surface area contributed by atoms with Gasteiger partial charge in [0.1, 0.15) is 17.9 Å². The number of ketones is 1. The third-order valence-electron chi connectivity index (χ3n) is 5.58. The van der Waals surface area contributed by atoms with Gasteiger partial charge in [-0.1, -0.05) is 43.7 Å². The first kappa shape index (κ1) is 17.1. The molecule has 1 atom stereocenters. The van der Waals surface area contributed by atoms with Crippen LogP contribution in [0.1, 0.15) is 55.1 Å². The maximum absolute atomic E-state index is 13.2. The molecule has 0 amide bonds. The summed E-state index contributed by atoms with van der Waals surface area (Å²) in [7, 11) is 0. The van der Waals surface area contributed by atoms with Gasteiger partial charge in [-0.2, -0.15) is 5.10 Å². The number of fused-ring (bicyclic) bond motifs is 3. The van der Waals surface area contributed by atoms with Crippen molar-refractivity contribution >= 4 is 11.4 Å². The number of aromatic nitrogens is 4. The highest BCUT2D eigenvalue weighted by Crippen LogP contribution is 2.50. The van der Waals surface area contributed by atoms with Crippen molar-refractivity contribution in [3.8, 4) is 5.88 Å². The Morgan fingerprint density at radius 1 is 1.14 bits per heavy atom. The molecular weight excluding hydrogens is 352 g/mol. The SMILES string of the molecule is Cc1ccc(C2C3=C(CC(C)(C)CC3=O)Oc3ncn4nc(C)nc4c32)cc1. The predicted molar refractivity (Wildman–Crippen MR) is 104 cm³/mol. The van der Waals surface area contributed by atoms with Crippen LogP contribution in [0.4, 0.5) is 0 Å². The Bertz CT molecular complexity index is 1160. The van der Waals surface area contributed by atoms with Gasteiger partial charge in [0.05, 0.1) is 5.56 Å². The summed E-state index contributed by atoms with van der Waals surface area (Å²) in [4.78, 5) is 22.4. The molecule has 5 rings (SSSR count). The van der Waals surface area contributed by atoms with E-state index in [9.17, 15) is 4.79 Å². The molecule has 0 fully saturated rings. The molecule has 2 aliphatic rings. The standard InChI is InChI=1S/C22H22N4O2/c1-12-5-7-14(8-6-12)17-18-15(27)9-22(3,4)10-16(18)28-21-19(17)20-24-13(2)25-26(20)11-23-21/h5-8,11,17H,9-10H2,1-4H3. The molecule has 142 valence electrons. The second-order valence-corrected chi connectivity index (χ2v) is 8.61. The molecule has 1 unspecified atom stereocenters. The lowest BCUT2D eigenvalue weighted by molar-refractivity contribution is -0.118. The van der Waals surface area contributed by atoms with Gasteiger partial charge in [-0.25, -0.2) is 14.5 Å². The molecule has 2 aromatic heterocycles. The van der Waals surface area contributed by atoms with Crippen LogP contribution in [0.3, 0.4) is 0 Å². The average Bonchev–Trinajstić information content (AvgIpc) is 3.00. The summed E-state index contributed by atoms with van der Waals surface area (Å²) in [5.74, 6) is 1.82. The smallest absolute Gasteiger partial charge is 0.228 e. The van der Waals surface area contributed by atoms with Gasteiger partial charge < -0.3 is 4.74 Å². The molecule has 28 heavy (non-hydrogen) atoms. The Labute approximate surface area is 163 Å². The first-order valence-electron chi connectivity index (χ1n) is 9.55. The van der Waals surface area contributed by atoms with E-state index in [2.05, 4.69) is 60.1 Å². The van der Waals surface area contributed by atoms with Crippen molar-refractivity contribution in [1.82, 2.24) is 19.6 Å². The number of rotatable bonds is 1. The van der Waals surface area contributed by atoms with Crippen LogP contribution >= 0.6 is 0 Å². The van der Waals surface area contributed by atoms with Crippen LogP contribution in [-0.4, -0.2) is 25.4 Å². The van der Waals surface area contributed by atoms with Crippen molar-refractivity contribution in [1.29, 1.82) is 0 Å². The number of ether oxygens (including phenoxy) is 1. The van der Waals surface area contributed by atoms with Crippen molar-refractivity contribution < 1.29 is 9.53 Å². The van der Waals surface area contributed by atoms with Gasteiger partial charge in [-0.15, -0.1) is 0 Å². The van der Waals surface area contributed by atoms with E-state index in [0.717, 1.165) is 22.5 Å². The molecule has 6 heteroatoms. The van der Waals surface area contributed by atoms with Crippen molar-refractivity contribution in [3.63, 3.8) is 0 Å². The monoisotopic (exact) mass is 374 g/mol. The highest BCUT2D eigenvalue weighted by Gasteiger charge is 2.43. The number of hydrogen-bond acceptors (Lipinski definition) is 5. The van der Waals surface area contributed by atoms with E-state index in [1.807, 2.05) is 6.92 Å². The van der Waals surface area contributed by atoms with Gasteiger partial charge in [-0.3, -0.25) is 4.79 Å². The molecule has 0 radical (unpaired) electrons. The molecule has 3 aromatic rings. The van der Waals surface area contributed by atoms with Gasteiger partial charge in [0.15, 0.2) is 11.4 Å². The summed E-state index contributed by atoms with van der Waals surface area (Å²) < 4.78 is 7.87. The van der Waals surface area contributed by atoms with Gasteiger partial charge in [0.2, 0.25) is 5.88 Å². The second kappa shape index (κ2) is 5.74. The number of benzene rings is 1. The number of hydrogen-bond donors (Lipinski definition) is 0. The van der Waals surface area contributed by atoms with E-state index >= 15 is 0 Å². The summed E-state index contributed by atoms with van der Waals surface area (Å²) in [5.41, 5.74) is 4.35. The molecule has 0 bridgehead atoms. The highest BCUT2D eigenvalue weighted by molar-refractivity contribution is 6.00. The molecule has 1 aromatic carbocycles. The van der Waals surface area contributed by atoms with Gasteiger partial charge >= 0.3 is 0 Å². The number of aryl methyl sites for hydroxylation is 2. The zero-order chi connectivity index (χ0) is 19.6. The summed E-state index contributed by atoms with van der Waals surface area (Å²) in [6, 6.07) is 8.31. The van der Waals surface area contributed by atoms with Crippen molar-refractivity contribution in [2.75, 3.05) is 0 Å². The lowest BCUT2D eigenvalue weighted by Gasteiger charge is -2.37. The van der Waals surface area contributed by atoms with Crippen molar-refractivity contribution in [2.45, 2.75) is 46.5 Å². The lowest BCUT2D eigenvalue weighted by atomic mass is 9.70. The maximum Gasteiger partial charge on any atom is 0.228 e. The Balaban J connectivity index is 1.81. The average molecular weight is 374 g/mol. The number of carbonyl (C=O) groups is 1. The number of carbonyl (C=O) groups excluding carboxylic acids is 1. The molecule has 0 spiro atoms. The minimum atomic E-state index is -0.247. The molecule has 1 aliphatic carbocycles. The second-order valence-electron chi connectivity index (χ2n) is 8.61. The van der Waals surface area contributed by atoms with Gasteiger partial charge in [0, 0.05) is 24.3 Å². The van der Waals surface area contributed by atoms with Crippen LogP contribution in [-0.2, 0) is 4.79 Å². The molecule has 1 aliphatic heterocycles. The van der Waals surface area contributed by atoms with Gasteiger partial charge in [-0.05, 0) is 24.8 Å². The van der Waals surface area contributed by atoms with Crippen LogP contribution in [0.5, 0.6) is 5.88 Å². The predicted octanol–water partition coefficient (Wildman–Crippen LogP) is 3.91. The quantitative estimate of drug-likeness (QED) is 0.646. The van der Waals surface area contributed by atoms with Crippen LogP contribution in [0.25, 0.3) is 5.65 Å². The fraction of sp³-hybridized carbons (Fsp3) is 0.364. The van der Waals surface area contributed by atoms with E-state index in [4.69, 9.17) is 4.74 Å². The molecule has 0 N–H and O–H groups in total. The topological polar surface area (TPSA) is 69.4 Å². The van der Waals surface area contributed by atoms with E-state index in [1.165, 1.54) is 5.56 Å². The Kier molecular flexibility index (Phi) is 3.50. The zero-order valence-corrected chi connectivity index (χ0v) is 16.5. The minimum absolute atomic E-state index is 0.124. The summed E-state index contributed by atoms with van der Waals surface area (Å²) in [5, 5.41) is 4.40. The summed E-state index contributed by atoms with van der Waals surface area (Å²) >= 11 is 0. The van der Waals surface area contributed by atoms with Crippen molar-refractivity contribution in [3.05, 3.63) is 64.4 Å². The van der Waals surface area contributed by atoms with E-state index in [1.54, 1.807) is 10.8 Å². The van der Waals surface area contributed by atoms with Crippen LogP contribution in [0.2, 0.25) is 0 Å². The Morgan fingerprint density at radius 2 is 1.89 bits per heavy atom. The number of allylic oxidation sites excluding steroid dienone is 2. The third kappa shape index (κ3) is 2.55. The zero-order valence-electron chi connectivity index (χ0n) is 16.5. The third-order valence-corrected chi connectivity index (χ3v) is 5.58.